The summed E-state index contributed by atoms with van der Waals surface area (Å²) in [6, 6.07) is 1.79. The molecule has 4 fully saturated rings. The summed E-state index contributed by atoms with van der Waals surface area (Å²) in [4.78, 5) is 0. The molecule has 0 radical (unpaired) electrons. The molecule has 5 nitrogen and oxygen atoms in total. The first-order valence-corrected chi connectivity index (χ1v) is 11.4. The molecule has 0 aromatic carbocycles. The molecular weight excluding hydrogens is 324 g/mol. The van der Waals surface area contributed by atoms with Gasteiger partial charge in [-0.2, -0.15) is 0 Å². The van der Waals surface area contributed by atoms with E-state index in [0.29, 0.717) is 42.2 Å². The van der Waals surface area contributed by atoms with Gasteiger partial charge < -0.3 is 15.7 Å². The molecule has 1 aliphatic carbocycles. The Morgan fingerprint density at radius 3 is 2.58 bits per heavy atom. The number of hydrogen-bond acceptors (Lipinski definition) is 5. The summed E-state index contributed by atoms with van der Waals surface area (Å²) in [5.74, 6) is 1.04. The normalized spacial score (nSPS) is 45.7. The smallest absolute Gasteiger partial charge is 0.0739 e. The molecule has 0 aromatic rings. The van der Waals surface area contributed by atoms with Crippen molar-refractivity contribution in [1.82, 2.24) is 21.3 Å². The number of aliphatic hydroxyl groups is 1. The molecule has 3 heterocycles. The van der Waals surface area contributed by atoms with Crippen molar-refractivity contribution in [3.8, 4) is 0 Å². The third-order valence-corrected chi connectivity index (χ3v) is 7.57. The maximum atomic E-state index is 11.3. The standard InChI is InChI=1S/C21H40N4O/c1-14-6-4-9-18(24-14)25-20(17-8-2-3-12-22-17)16-11-10-15-7-5-13-23-19(15)21(16)26/h14-26H,2-13H2,1H3. The lowest BCUT2D eigenvalue weighted by Crippen LogP contribution is -2.65. The Labute approximate surface area is 159 Å². The van der Waals surface area contributed by atoms with Crippen LogP contribution in [0.1, 0.15) is 71.1 Å². The van der Waals surface area contributed by atoms with Gasteiger partial charge in [-0.3, -0.25) is 10.6 Å². The highest BCUT2D eigenvalue weighted by Crippen LogP contribution is 2.37. The summed E-state index contributed by atoms with van der Waals surface area (Å²) in [5.41, 5.74) is 0. The average molecular weight is 365 g/mol. The van der Waals surface area contributed by atoms with Crippen molar-refractivity contribution in [3.63, 3.8) is 0 Å². The van der Waals surface area contributed by atoms with Crippen molar-refractivity contribution in [1.29, 1.82) is 0 Å². The van der Waals surface area contributed by atoms with Crippen molar-refractivity contribution in [2.24, 2.45) is 11.8 Å². The van der Waals surface area contributed by atoms with Crippen LogP contribution in [0.5, 0.6) is 0 Å². The second kappa shape index (κ2) is 8.87. The lowest BCUT2D eigenvalue weighted by atomic mass is 9.68. The summed E-state index contributed by atoms with van der Waals surface area (Å²) in [7, 11) is 0. The Bertz CT molecular complexity index is 442. The predicted octanol–water partition coefficient (Wildman–Crippen LogP) is 1.71. The summed E-state index contributed by atoms with van der Waals surface area (Å²) in [6.45, 7) is 4.50. The molecular formula is C21H40N4O. The van der Waals surface area contributed by atoms with Gasteiger partial charge in [0, 0.05) is 30.1 Å². The largest absolute Gasteiger partial charge is 0.391 e. The Hall–Kier alpha value is -0.200. The average Bonchev–Trinajstić information content (AvgIpc) is 2.68. The van der Waals surface area contributed by atoms with E-state index in [4.69, 9.17) is 0 Å². The first kappa shape index (κ1) is 19.1. The minimum absolute atomic E-state index is 0.212. The molecule has 3 saturated heterocycles. The minimum atomic E-state index is -0.212. The summed E-state index contributed by atoms with van der Waals surface area (Å²) in [6.07, 6.45) is 12.8. The van der Waals surface area contributed by atoms with Gasteiger partial charge in [0.2, 0.25) is 0 Å². The molecule has 4 rings (SSSR count). The van der Waals surface area contributed by atoms with Crippen molar-refractivity contribution in [2.75, 3.05) is 13.1 Å². The van der Waals surface area contributed by atoms with E-state index in [1.165, 1.54) is 64.2 Å². The van der Waals surface area contributed by atoms with Gasteiger partial charge >= 0.3 is 0 Å². The first-order chi connectivity index (χ1) is 12.7. The third-order valence-electron chi connectivity index (χ3n) is 7.57. The van der Waals surface area contributed by atoms with Gasteiger partial charge in [-0.15, -0.1) is 0 Å². The number of hydrogen-bond donors (Lipinski definition) is 5. The third kappa shape index (κ3) is 4.27. The fourth-order valence-electron chi connectivity index (χ4n) is 6.16. The number of fused-ring (bicyclic) bond motifs is 1. The van der Waals surface area contributed by atoms with E-state index in [1.54, 1.807) is 0 Å². The quantitative estimate of drug-likeness (QED) is 0.526. The molecule has 26 heavy (non-hydrogen) atoms. The van der Waals surface area contributed by atoms with E-state index in [9.17, 15) is 5.11 Å². The van der Waals surface area contributed by atoms with Gasteiger partial charge in [-0.1, -0.05) is 6.42 Å². The molecule has 1 saturated carbocycles. The van der Waals surface area contributed by atoms with Gasteiger partial charge in [0.25, 0.3) is 0 Å². The molecule has 150 valence electrons. The van der Waals surface area contributed by atoms with Crippen LogP contribution in [-0.4, -0.2) is 54.6 Å². The van der Waals surface area contributed by atoms with E-state index in [0.717, 1.165) is 13.1 Å². The predicted molar refractivity (Wildman–Crippen MR) is 106 cm³/mol. The van der Waals surface area contributed by atoms with Crippen molar-refractivity contribution in [3.05, 3.63) is 0 Å². The van der Waals surface area contributed by atoms with E-state index < -0.39 is 0 Å². The monoisotopic (exact) mass is 364 g/mol. The Kier molecular flexibility index (Phi) is 6.53. The zero-order valence-corrected chi connectivity index (χ0v) is 16.6. The van der Waals surface area contributed by atoms with Crippen LogP contribution < -0.4 is 21.3 Å². The molecule has 8 atom stereocenters. The molecule has 4 aliphatic rings. The van der Waals surface area contributed by atoms with Crippen LogP contribution in [-0.2, 0) is 0 Å². The molecule has 5 heteroatoms. The second-order valence-corrected chi connectivity index (χ2v) is 9.41. The molecule has 0 bridgehead atoms. The maximum Gasteiger partial charge on any atom is 0.0739 e. The summed E-state index contributed by atoms with van der Waals surface area (Å²) < 4.78 is 0. The zero-order chi connectivity index (χ0) is 17.9. The fraction of sp³-hybridized carbons (Fsp3) is 1.00. The van der Waals surface area contributed by atoms with Crippen LogP contribution in [0.2, 0.25) is 0 Å². The van der Waals surface area contributed by atoms with Gasteiger partial charge in [-0.25, -0.2) is 0 Å². The number of rotatable bonds is 4. The summed E-state index contributed by atoms with van der Waals surface area (Å²) in [5, 5.41) is 26.5. The molecule has 0 amide bonds. The van der Waals surface area contributed by atoms with Crippen LogP contribution in [0.3, 0.4) is 0 Å². The lowest BCUT2D eigenvalue weighted by molar-refractivity contribution is -0.0274. The highest BCUT2D eigenvalue weighted by molar-refractivity contribution is 5.02. The minimum Gasteiger partial charge on any atom is -0.391 e. The van der Waals surface area contributed by atoms with E-state index in [2.05, 4.69) is 28.2 Å². The van der Waals surface area contributed by atoms with Gasteiger partial charge in [0.05, 0.1) is 12.3 Å². The van der Waals surface area contributed by atoms with Crippen LogP contribution in [0.4, 0.5) is 0 Å². The van der Waals surface area contributed by atoms with Gasteiger partial charge in [0.15, 0.2) is 0 Å². The van der Waals surface area contributed by atoms with Gasteiger partial charge in [-0.05, 0) is 83.7 Å². The van der Waals surface area contributed by atoms with Crippen LogP contribution >= 0.6 is 0 Å². The van der Waals surface area contributed by atoms with Crippen LogP contribution in [0.15, 0.2) is 0 Å². The highest BCUT2D eigenvalue weighted by Gasteiger charge is 2.45. The maximum absolute atomic E-state index is 11.3. The van der Waals surface area contributed by atoms with Gasteiger partial charge in [0.1, 0.15) is 0 Å². The SMILES string of the molecule is CC1CCCC(NC(C2CCCCN2)C2CCC3CCCNC3C2O)N1. The molecule has 5 N–H and O–H groups in total. The Morgan fingerprint density at radius 1 is 0.885 bits per heavy atom. The topological polar surface area (TPSA) is 68.3 Å². The van der Waals surface area contributed by atoms with Crippen molar-refractivity contribution >= 4 is 0 Å². The van der Waals surface area contributed by atoms with E-state index >= 15 is 0 Å². The van der Waals surface area contributed by atoms with Crippen molar-refractivity contribution < 1.29 is 5.11 Å². The van der Waals surface area contributed by atoms with E-state index in [1.807, 2.05) is 0 Å². The Morgan fingerprint density at radius 2 is 1.77 bits per heavy atom. The van der Waals surface area contributed by atoms with Crippen LogP contribution in [0, 0.1) is 11.8 Å². The number of piperidine rings is 3. The molecule has 0 spiro atoms. The molecule has 3 aliphatic heterocycles. The van der Waals surface area contributed by atoms with Crippen molar-refractivity contribution in [2.45, 2.75) is 108 Å². The van der Waals surface area contributed by atoms with E-state index in [-0.39, 0.29) is 6.10 Å². The second-order valence-electron chi connectivity index (χ2n) is 9.41. The molecule has 8 unspecified atom stereocenters. The highest BCUT2D eigenvalue weighted by atomic mass is 16.3. The fourth-order valence-corrected chi connectivity index (χ4v) is 6.16. The number of aliphatic hydroxyl groups excluding tert-OH is 1. The number of nitrogens with one attached hydrogen (secondary N) is 4. The zero-order valence-electron chi connectivity index (χ0n) is 16.6. The van der Waals surface area contributed by atoms with Crippen LogP contribution in [0.25, 0.3) is 0 Å². The molecule has 0 aromatic heterocycles. The Balaban J connectivity index is 1.47. The first-order valence-electron chi connectivity index (χ1n) is 11.4. The summed E-state index contributed by atoms with van der Waals surface area (Å²) >= 11 is 0. The lowest BCUT2D eigenvalue weighted by Gasteiger charge is -2.49.